The highest BCUT2D eigenvalue weighted by molar-refractivity contribution is 5.73. The van der Waals surface area contributed by atoms with Gasteiger partial charge in [0.25, 0.3) is 0 Å². The molecule has 0 bridgehead atoms. The maximum absolute atomic E-state index is 10.6. The number of carbonyl (C=O) groups is 2. The van der Waals surface area contributed by atoms with Gasteiger partial charge < -0.3 is 14.8 Å². The Labute approximate surface area is 198 Å². The fourth-order valence-electron chi connectivity index (χ4n) is 2.84. The van der Waals surface area contributed by atoms with Crippen molar-refractivity contribution in [2.24, 2.45) is 0 Å². The van der Waals surface area contributed by atoms with Crippen LogP contribution in [0.15, 0.2) is 43.2 Å². The molecule has 11 nitrogen and oxygen atoms in total. The molecule has 0 saturated heterocycles. The van der Waals surface area contributed by atoms with Gasteiger partial charge in [0.15, 0.2) is 0 Å². The van der Waals surface area contributed by atoms with Crippen molar-refractivity contribution in [1.29, 1.82) is 0 Å². The lowest BCUT2D eigenvalue weighted by Gasteiger charge is -2.28. The third kappa shape index (κ3) is 8.97. The van der Waals surface area contributed by atoms with Gasteiger partial charge in [0.05, 0.1) is 30.7 Å². The Morgan fingerprint density at radius 3 is 2.08 bits per heavy atom. The van der Waals surface area contributed by atoms with Crippen LogP contribution in [0.5, 0.6) is 0 Å². The smallest absolute Gasteiger partial charge is 0.475 e. The summed E-state index contributed by atoms with van der Waals surface area (Å²) in [5.41, 5.74) is 2.28. The monoisotopic (exact) mass is 523 g/mol. The van der Waals surface area contributed by atoms with Crippen LogP contribution in [0.25, 0.3) is 0 Å². The summed E-state index contributed by atoms with van der Waals surface area (Å²) in [5.74, 6) is -4.41. The highest BCUT2D eigenvalue weighted by Crippen LogP contribution is 2.17. The van der Waals surface area contributed by atoms with E-state index in [4.69, 9.17) is 19.8 Å². The van der Waals surface area contributed by atoms with Crippen molar-refractivity contribution in [3.05, 3.63) is 60.5 Å². The van der Waals surface area contributed by atoms with Gasteiger partial charge in [0.2, 0.25) is 0 Å². The lowest BCUT2D eigenvalue weighted by Crippen LogP contribution is -2.34. The maximum Gasteiger partial charge on any atom is 0.490 e. The van der Waals surface area contributed by atoms with Gasteiger partial charge in [0, 0.05) is 25.8 Å². The zero-order valence-corrected chi connectivity index (χ0v) is 18.2. The van der Waals surface area contributed by atoms with E-state index < -0.39 is 24.3 Å². The summed E-state index contributed by atoms with van der Waals surface area (Å²) in [4.78, 5) is 33.1. The molecule has 0 unspecified atom stereocenters. The Bertz CT molecular complexity index is 1090. The number of aromatic nitrogens is 6. The predicted molar refractivity (Wildman–Crippen MR) is 107 cm³/mol. The zero-order valence-electron chi connectivity index (χ0n) is 18.2. The van der Waals surface area contributed by atoms with E-state index in [-0.39, 0.29) is 0 Å². The van der Waals surface area contributed by atoms with Gasteiger partial charge in [-0.25, -0.2) is 24.2 Å². The van der Waals surface area contributed by atoms with Crippen molar-refractivity contribution in [3.63, 3.8) is 0 Å². The average Bonchev–Trinajstić information content (AvgIpc) is 3.44. The molecule has 4 heterocycles. The predicted octanol–water partition coefficient (Wildman–Crippen LogP) is 2.20. The number of nitrogens with zero attached hydrogens (tertiary/aromatic N) is 7. The fraction of sp³-hybridized carbons (Fsp3) is 0.368. The molecule has 0 aliphatic carbocycles. The topological polar surface area (TPSA) is 139 Å². The van der Waals surface area contributed by atoms with Crippen molar-refractivity contribution < 1.29 is 46.1 Å². The van der Waals surface area contributed by atoms with Gasteiger partial charge in [-0.15, -0.1) is 0 Å². The van der Waals surface area contributed by atoms with Crippen molar-refractivity contribution in [3.8, 4) is 0 Å². The summed E-state index contributed by atoms with van der Waals surface area (Å²) in [7, 11) is 0. The SMILES string of the molecule is O=C(O)C(F)(F)F.O=C(O)C(F)(F)F.c1ccc(CN2CCn3c(Cn4cncn4)cnc3C2)nc1. The van der Waals surface area contributed by atoms with Crippen LogP contribution in [-0.4, -0.2) is 75.2 Å². The lowest BCUT2D eigenvalue weighted by atomic mass is 10.3. The first-order chi connectivity index (χ1) is 16.8. The Hall–Kier alpha value is -4.02. The summed E-state index contributed by atoms with van der Waals surface area (Å²) >= 11 is 0. The summed E-state index contributed by atoms with van der Waals surface area (Å²) in [6, 6.07) is 6.05. The highest BCUT2D eigenvalue weighted by Gasteiger charge is 2.38. The first-order valence-electron chi connectivity index (χ1n) is 9.85. The van der Waals surface area contributed by atoms with Crippen molar-refractivity contribution >= 4 is 11.9 Å². The Balaban J connectivity index is 0.000000271. The molecular formula is C19H19F6N7O4. The van der Waals surface area contributed by atoms with Crippen molar-refractivity contribution in [1.82, 2.24) is 34.2 Å². The van der Waals surface area contributed by atoms with E-state index in [2.05, 4.69) is 35.6 Å². The molecule has 0 amide bonds. The van der Waals surface area contributed by atoms with Crippen LogP contribution in [0.3, 0.4) is 0 Å². The van der Waals surface area contributed by atoms with Crippen LogP contribution in [-0.2, 0) is 35.8 Å². The molecule has 36 heavy (non-hydrogen) atoms. The van der Waals surface area contributed by atoms with E-state index in [1.807, 2.05) is 29.2 Å². The van der Waals surface area contributed by atoms with Crippen LogP contribution >= 0.6 is 0 Å². The minimum atomic E-state index is -5.08. The number of aliphatic carboxylic acids is 2. The van der Waals surface area contributed by atoms with Crippen LogP contribution in [0.1, 0.15) is 17.2 Å². The van der Waals surface area contributed by atoms with Gasteiger partial charge in [-0.3, -0.25) is 9.88 Å². The number of halogens is 6. The molecule has 0 spiro atoms. The molecule has 17 heteroatoms. The third-order valence-corrected chi connectivity index (χ3v) is 4.41. The average molecular weight is 523 g/mol. The van der Waals surface area contributed by atoms with E-state index in [1.165, 1.54) is 5.69 Å². The van der Waals surface area contributed by atoms with E-state index in [9.17, 15) is 26.3 Å². The normalized spacial score (nSPS) is 13.5. The second kappa shape index (κ2) is 12.1. The molecule has 1 aliphatic heterocycles. The molecule has 0 saturated carbocycles. The first kappa shape index (κ1) is 28.2. The van der Waals surface area contributed by atoms with E-state index >= 15 is 0 Å². The highest BCUT2D eigenvalue weighted by atomic mass is 19.4. The van der Waals surface area contributed by atoms with Crippen LogP contribution in [0.2, 0.25) is 0 Å². The van der Waals surface area contributed by atoms with Crippen molar-refractivity contribution in [2.75, 3.05) is 6.54 Å². The number of rotatable bonds is 4. The van der Waals surface area contributed by atoms with E-state index in [0.717, 1.165) is 37.7 Å². The largest absolute Gasteiger partial charge is 0.490 e. The lowest BCUT2D eigenvalue weighted by molar-refractivity contribution is -0.193. The van der Waals surface area contributed by atoms with Crippen molar-refractivity contribution in [2.45, 2.75) is 38.5 Å². The minimum Gasteiger partial charge on any atom is -0.475 e. The van der Waals surface area contributed by atoms with Gasteiger partial charge in [-0.2, -0.15) is 31.4 Å². The van der Waals surface area contributed by atoms with Crippen LogP contribution < -0.4 is 0 Å². The molecule has 4 rings (SSSR count). The van der Waals surface area contributed by atoms with Gasteiger partial charge in [0.1, 0.15) is 18.5 Å². The number of hydrogen-bond donors (Lipinski definition) is 2. The quantitative estimate of drug-likeness (QED) is 0.493. The Morgan fingerprint density at radius 2 is 1.58 bits per heavy atom. The number of alkyl halides is 6. The molecule has 2 N–H and O–H groups in total. The molecule has 3 aromatic heterocycles. The van der Waals surface area contributed by atoms with Crippen LogP contribution in [0.4, 0.5) is 26.3 Å². The molecule has 3 aromatic rings. The molecule has 0 radical (unpaired) electrons. The molecule has 0 fully saturated rings. The molecule has 0 aromatic carbocycles. The third-order valence-electron chi connectivity index (χ3n) is 4.41. The van der Waals surface area contributed by atoms with Gasteiger partial charge in [-0.05, 0) is 12.1 Å². The summed E-state index contributed by atoms with van der Waals surface area (Å²) in [6.07, 6.45) is -3.09. The summed E-state index contributed by atoms with van der Waals surface area (Å²) in [6.45, 7) is 4.39. The number of fused-ring (bicyclic) bond motifs is 1. The Morgan fingerprint density at radius 1 is 0.944 bits per heavy atom. The van der Waals surface area contributed by atoms with Gasteiger partial charge in [-0.1, -0.05) is 6.07 Å². The molecular weight excluding hydrogens is 504 g/mol. The van der Waals surface area contributed by atoms with E-state index in [0.29, 0.717) is 6.54 Å². The molecule has 1 aliphatic rings. The Kier molecular flexibility index (Phi) is 9.48. The second-order valence-electron chi connectivity index (χ2n) is 7.05. The first-order valence-corrected chi connectivity index (χ1v) is 9.85. The zero-order chi connectivity index (χ0) is 26.9. The second-order valence-corrected chi connectivity index (χ2v) is 7.05. The van der Waals surface area contributed by atoms with Crippen LogP contribution in [0, 0.1) is 0 Å². The number of hydrogen-bond acceptors (Lipinski definition) is 7. The number of carboxylic acid groups (broad SMARTS) is 2. The number of carboxylic acids is 2. The fourth-order valence-corrected chi connectivity index (χ4v) is 2.84. The summed E-state index contributed by atoms with van der Waals surface area (Å²) < 4.78 is 67.6. The molecule has 0 atom stereocenters. The standard InChI is InChI=1S/C15H17N7.2C2HF3O2/c1-2-4-17-13(3-1)8-20-5-6-22-14(7-18-15(22)10-20)9-21-12-16-11-19-21;2*3-2(4,5)1(6)7/h1-4,7,11-12H,5-6,8-10H2;2*(H,6,7). The van der Waals surface area contributed by atoms with Gasteiger partial charge >= 0.3 is 24.3 Å². The molecule has 196 valence electrons. The maximum atomic E-state index is 10.6. The van der Waals surface area contributed by atoms with E-state index in [1.54, 1.807) is 12.7 Å². The minimum absolute atomic E-state index is 0.716. The summed E-state index contributed by atoms with van der Waals surface area (Å²) in [5, 5.41) is 18.4. The number of imidazole rings is 1. The number of pyridine rings is 1.